The van der Waals surface area contributed by atoms with Crippen LogP contribution < -0.4 is 14.8 Å². The van der Waals surface area contributed by atoms with Crippen molar-refractivity contribution >= 4 is 33.4 Å². The number of hydrogen-bond donors (Lipinski definition) is 1. The fourth-order valence-electron chi connectivity index (χ4n) is 1.99. The molecule has 6 heteroatoms. The molecule has 2 aromatic rings. The summed E-state index contributed by atoms with van der Waals surface area (Å²) in [5, 5.41) is 3.49. The number of nitrogens with one attached hydrogen (secondary N) is 1. The Balaban J connectivity index is 1.88. The fraction of sp³-hybridized carbons (Fsp3) is 0.235. The normalized spacial score (nSPS) is 11.7. The molecule has 1 amide bonds. The Morgan fingerprint density at radius 3 is 2.57 bits per heavy atom. The van der Waals surface area contributed by atoms with Crippen LogP contribution in [0.5, 0.6) is 11.5 Å². The van der Waals surface area contributed by atoms with Crippen LogP contribution in [0.2, 0.25) is 5.02 Å². The van der Waals surface area contributed by atoms with Crippen LogP contribution in [-0.4, -0.2) is 19.6 Å². The van der Waals surface area contributed by atoms with Crippen LogP contribution in [0.15, 0.2) is 46.9 Å². The molecule has 0 aromatic heterocycles. The lowest BCUT2D eigenvalue weighted by Crippen LogP contribution is -2.31. The monoisotopic (exact) mass is 397 g/mol. The van der Waals surface area contributed by atoms with E-state index >= 15 is 0 Å². The first-order valence-corrected chi connectivity index (χ1v) is 8.18. The zero-order chi connectivity index (χ0) is 16.8. The lowest BCUT2D eigenvalue weighted by molar-refractivity contribution is -0.123. The molecule has 0 saturated carbocycles. The van der Waals surface area contributed by atoms with Crippen LogP contribution in [0.4, 0.5) is 0 Å². The SMILES string of the molecule is COc1ccc([C@H](C)NC(=O)COc2ccc(Cl)cc2Br)cc1. The Bertz CT molecular complexity index is 676. The quantitative estimate of drug-likeness (QED) is 0.786. The molecule has 0 bridgehead atoms. The van der Waals surface area contributed by atoms with Gasteiger partial charge in [-0.1, -0.05) is 23.7 Å². The lowest BCUT2D eigenvalue weighted by Gasteiger charge is -2.15. The number of ether oxygens (including phenoxy) is 2. The van der Waals surface area contributed by atoms with Gasteiger partial charge in [0.15, 0.2) is 6.61 Å². The number of rotatable bonds is 6. The van der Waals surface area contributed by atoms with Crippen molar-refractivity contribution in [2.75, 3.05) is 13.7 Å². The van der Waals surface area contributed by atoms with Gasteiger partial charge in [-0.05, 0) is 58.7 Å². The molecular formula is C17H17BrClNO3. The Morgan fingerprint density at radius 1 is 1.26 bits per heavy atom. The van der Waals surface area contributed by atoms with Crippen molar-refractivity contribution in [1.82, 2.24) is 5.32 Å². The standard InChI is InChI=1S/C17H17BrClNO3/c1-11(12-3-6-14(22-2)7-4-12)20-17(21)10-23-16-8-5-13(19)9-15(16)18/h3-9,11H,10H2,1-2H3,(H,20,21)/t11-/m0/s1. The average molecular weight is 399 g/mol. The van der Waals surface area contributed by atoms with E-state index < -0.39 is 0 Å². The minimum Gasteiger partial charge on any atom is -0.497 e. The molecule has 122 valence electrons. The van der Waals surface area contributed by atoms with Crippen LogP contribution in [0.3, 0.4) is 0 Å². The van der Waals surface area contributed by atoms with Gasteiger partial charge in [-0.15, -0.1) is 0 Å². The Kier molecular flexibility index (Phi) is 6.30. The summed E-state index contributed by atoms with van der Waals surface area (Å²) in [6, 6.07) is 12.6. The first kappa shape index (κ1) is 17.6. The number of halogens is 2. The predicted molar refractivity (Wildman–Crippen MR) is 94.2 cm³/mol. The van der Waals surface area contributed by atoms with Crippen LogP contribution in [-0.2, 0) is 4.79 Å². The van der Waals surface area contributed by atoms with E-state index in [0.717, 1.165) is 11.3 Å². The molecule has 1 atom stereocenters. The molecule has 1 N–H and O–H groups in total. The van der Waals surface area contributed by atoms with Gasteiger partial charge < -0.3 is 14.8 Å². The van der Waals surface area contributed by atoms with E-state index in [1.54, 1.807) is 25.3 Å². The average Bonchev–Trinajstić information content (AvgIpc) is 2.54. The molecular weight excluding hydrogens is 382 g/mol. The zero-order valence-electron chi connectivity index (χ0n) is 12.8. The van der Waals surface area contributed by atoms with Crippen LogP contribution in [0, 0.1) is 0 Å². The minimum absolute atomic E-state index is 0.0687. The maximum absolute atomic E-state index is 12.0. The second kappa shape index (κ2) is 8.22. The Hall–Kier alpha value is -1.72. The predicted octanol–water partition coefficient (Wildman–Crippen LogP) is 4.37. The van der Waals surface area contributed by atoms with Gasteiger partial charge in [0.25, 0.3) is 5.91 Å². The van der Waals surface area contributed by atoms with E-state index in [1.165, 1.54) is 0 Å². The largest absolute Gasteiger partial charge is 0.497 e. The second-order valence-corrected chi connectivity index (χ2v) is 6.22. The Labute approximate surface area is 148 Å². The summed E-state index contributed by atoms with van der Waals surface area (Å²) in [5.41, 5.74) is 0.992. The number of hydrogen-bond acceptors (Lipinski definition) is 3. The van der Waals surface area contributed by atoms with Crippen molar-refractivity contribution in [1.29, 1.82) is 0 Å². The van der Waals surface area contributed by atoms with E-state index in [1.807, 2.05) is 31.2 Å². The minimum atomic E-state index is -0.199. The van der Waals surface area contributed by atoms with Gasteiger partial charge in [-0.2, -0.15) is 0 Å². The molecule has 0 unspecified atom stereocenters. The smallest absolute Gasteiger partial charge is 0.258 e. The maximum Gasteiger partial charge on any atom is 0.258 e. The van der Waals surface area contributed by atoms with Gasteiger partial charge in [0, 0.05) is 5.02 Å². The highest BCUT2D eigenvalue weighted by Gasteiger charge is 2.11. The second-order valence-electron chi connectivity index (χ2n) is 4.93. The molecule has 0 saturated heterocycles. The third-order valence-electron chi connectivity index (χ3n) is 3.25. The third-order valence-corrected chi connectivity index (χ3v) is 4.10. The molecule has 0 aliphatic rings. The van der Waals surface area contributed by atoms with Gasteiger partial charge in [0.2, 0.25) is 0 Å². The van der Waals surface area contributed by atoms with E-state index in [4.69, 9.17) is 21.1 Å². The number of carbonyl (C=O) groups is 1. The lowest BCUT2D eigenvalue weighted by atomic mass is 10.1. The molecule has 0 spiro atoms. The van der Waals surface area contributed by atoms with Crippen molar-refractivity contribution in [3.63, 3.8) is 0 Å². The third kappa shape index (κ3) is 5.15. The van der Waals surface area contributed by atoms with Crippen LogP contribution >= 0.6 is 27.5 Å². The van der Waals surface area contributed by atoms with Crippen LogP contribution in [0.1, 0.15) is 18.5 Å². The fourth-order valence-corrected chi connectivity index (χ4v) is 2.79. The van der Waals surface area contributed by atoms with Crippen molar-refractivity contribution in [3.05, 3.63) is 57.5 Å². The van der Waals surface area contributed by atoms with Gasteiger partial charge in [-0.3, -0.25) is 4.79 Å². The molecule has 2 rings (SSSR count). The van der Waals surface area contributed by atoms with Gasteiger partial charge in [0.05, 0.1) is 17.6 Å². The summed E-state index contributed by atoms with van der Waals surface area (Å²) in [6.45, 7) is 1.85. The van der Waals surface area contributed by atoms with E-state index in [0.29, 0.717) is 15.2 Å². The summed E-state index contributed by atoms with van der Waals surface area (Å²) < 4.78 is 11.3. The first-order valence-electron chi connectivity index (χ1n) is 7.00. The molecule has 23 heavy (non-hydrogen) atoms. The van der Waals surface area contributed by atoms with E-state index in [2.05, 4.69) is 21.2 Å². The Morgan fingerprint density at radius 2 is 1.96 bits per heavy atom. The molecule has 0 aliphatic carbocycles. The van der Waals surface area contributed by atoms with Gasteiger partial charge in [-0.25, -0.2) is 0 Å². The summed E-state index contributed by atoms with van der Waals surface area (Å²) in [6.07, 6.45) is 0. The number of benzene rings is 2. The summed E-state index contributed by atoms with van der Waals surface area (Å²) in [7, 11) is 1.62. The van der Waals surface area contributed by atoms with Crippen LogP contribution in [0.25, 0.3) is 0 Å². The highest BCUT2D eigenvalue weighted by molar-refractivity contribution is 9.10. The summed E-state index contributed by atoms with van der Waals surface area (Å²) in [5.74, 6) is 1.15. The molecule has 0 heterocycles. The molecule has 4 nitrogen and oxygen atoms in total. The summed E-state index contributed by atoms with van der Waals surface area (Å²) in [4.78, 5) is 12.0. The number of carbonyl (C=O) groups excluding carboxylic acids is 1. The van der Waals surface area contributed by atoms with Crippen molar-refractivity contribution in [2.45, 2.75) is 13.0 Å². The topological polar surface area (TPSA) is 47.6 Å². The molecule has 0 radical (unpaired) electrons. The zero-order valence-corrected chi connectivity index (χ0v) is 15.1. The molecule has 2 aromatic carbocycles. The summed E-state index contributed by atoms with van der Waals surface area (Å²) >= 11 is 9.21. The van der Waals surface area contributed by atoms with E-state index in [-0.39, 0.29) is 18.6 Å². The number of amides is 1. The highest BCUT2D eigenvalue weighted by atomic mass is 79.9. The maximum atomic E-state index is 12.0. The van der Waals surface area contributed by atoms with Crippen molar-refractivity contribution < 1.29 is 14.3 Å². The van der Waals surface area contributed by atoms with Crippen molar-refractivity contribution in [2.24, 2.45) is 0 Å². The molecule has 0 aliphatic heterocycles. The van der Waals surface area contributed by atoms with E-state index in [9.17, 15) is 4.79 Å². The van der Waals surface area contributed by atoms with Crippen molar-refractivity contribution in [3.8, 4) is 11.5 Å². The van der Waals surface area contributed by atoms with Gasteiger partial charge >= 0.3 is 0 Å². The van der Waals surface area contributed by atoms with Gasteiger partial charge in [0.1, 0.15) is 11.5 Å². The molecule has 0 fully saturated rings. The number of methoxy groups -OCH3 is 1. The highest BCUT2D eigenvalue weighted by Crippen LogP contribution is 2.27. The first-order chi connectivity index (χ1) is 11.0.